The zero-order chi connectivity index (χ0) is 19.6. The van der Waals surface area contributed by atoms with Crippen molar-refractivity contribution in [1.29, 1.82) is 0 Å². The molecule has 0 aliphatic heterocycles. The Hall–Kier alpha value is -2.55. The van der Waals surface area contributed by atoms with Gasteiger partial charge >= 0.3 is 5.97 Å². The fourth-order valence-electron chi connectivity index (χ4n) is 3.81. The largest absolute Gasteiger partial charge is 0.455 e. The van der Waals surface area contributed by atoms with Crippen molar-refractivity contribution in [3.8, 4) is 0 Å². The van der Waals surface area contributed by atoms with Gasteiger partial charge in [-0.1, -0.05) is 0 Å². The smallest absolute Gasteiger partial charge is 0.345 e. The first-order valence-electron chi connectivity index (χ1n) is 8.51. The molecule has 26 heavy (non-hydrogen) atoms. The third kappa shape index (κ3) is 3.98. The SMILES string of the molecule is C[NH+](C)[C@H]1CCC[C@H]1C(C)(C)OC(=O)c1ccc([N+](=O)[O-])cc1[N+](=O)[O-]. The first kappa shape index (κ1) is 19.8. The van der Waals surface area contributed by atoms with Crippen LogP contribution in [0.25, 0.3) is 0 Å². The van der Waals surface area contributed by atoms with Crippen molar-refractivity contribution in [2.75, 3.05) is 14.1 Å². The Morgan fingerprint density at radius 3 is 2.38 bits per heavy atom. The van der Waals surface area contributed by atoms with Crippen LogP contribution in [-0.2, 0) is 4.74 Å². The topological polar surface area (TPSA) is 117 Å². The number of quaternary nitrogens is 1. The van der Waals surface area contributed by atoms with Gasteiger partial charge in [-0.25, -0.2) is 4.79 Å². The van der Waals surface area contributed by atoms with Crippen LogP contribution < -0.4 is 4.90 Å². The Morgan fingerprint density at radius 2 is 1.85 bits per heavy atom. The number of nitrogens with zero attached hydrogens (tertiary/aromatic N) is 2. The lowest BCUT2D eigenvalue weighted by molar-refractivity contribution is -0.889. The van der Waals surface area contributed by atoms with Crippen molar-refractivity contribution < 1.29 is 24.3 Å². The number of nitro groups is 2. The molecule has 1 aliphatic carbocycles. The maximum absolute atomic E-state index is 12.6. The van der Waals surface area contributed by atoms with Gasteiger partial charge in [-0.15, -0.1) is 0 Å². The Labute approximate surface area is 151 Å². The lowest BCUT2D eigenvalue weighted by Gasteiger charge is -2.35. The van der Waals surface area contributed by atoms with E-state index in [2.05, 4.69) is 14.1 Å². The maximum atomic E-state index is 12.6. The Balaban J connectivity index is 2.29. The first-order chi connectivity index (χ1) is 12.0. The molecule has 2 rings (SSSR count). The highest BCUT2D eigenvalue weighted by molar-refractivity contribution is 5.94. The van der Waals surface area contributed by atoms with Gasteiger partial charge in [-0.2, -0.15) is 0 Å². The molecular formula is C17H24N3O6+. The minimum Gasteiger partial charge on any atom is -0.455 e. The Kier molecular flexibility index (Phi) is 5.60. The molecule has 0 heterocycles. The molecule has 1 N–H and O–H groups in total. The molecule has 1 aromatic rings. The summed E-state index contributed by atoms with van der Waals surface area (Å²) in [7, 11) is 4.12. The van der Waals surface area contributed by atoms with E-state index in [1.807, 2.05) is 13.8 Å². The van der Waals surface area contributed by atoms with Crippen LogP contribution in [0.4, 0.5) is 11.4 Å². The van der Waals surface area contributed by atoms with E-state index in [0.29, 0.717) is 6.04 Å². The average molecular weight is 366 g/mol. The van der Waals surface area contributed by atoms with Gasteiger partial charge in [0.15, 0.2) is 0 Å². The van der Waals surface area contributed by atoms with Crippen LogP contribution in [-0.4, -0.2) is 41.6 Å². The van der Waals surface area contributed by atoms with E-state index in [0.717, 1.165) is 37.5 Å². The summed E-state index contributed by atoms with van der Waals surface area (Å²) in [5.41, 5.74) is -2.15. The molecule has 1 fully saturated rings. The van der Waals surface area contributed by atoms with E-state index >= 15 is 0 Å². The van der Waals surface area contributed by atoms with Gasteiger partial charge in [-0.05, 0) is 39.2 Å². The number of nitro benzene ring substituents is 2. The van der Waals surface area contributed by atoms with Gasteiger partial charge < -0.3 is 9.64 Å². The minimum atomic E-state index is -0.837. The number of esters is 1. The first-order valence-corrected chi connectivity index (χ1v) is 8.51. The summed E-state index contributed by atoms with van der Waals surface area (Å²) in [6.07, 6.45) is 2.99. The summed E-state index contributed by atoms with van der Waals surface area (Å²) >= 11 is 0. The standard InChI is InChI=1S/C17H23N3O6/c1-17(2,13-6-5-7-14(13)18(3)4)26-16(21)12-9-8-11(19(22)23)10-15(12)20(24)25/h8-10,13-14H,5-7H2,1-4H3/p+1/t13-,14+/m1/s1. The molecule has 2 atom stereocenters. The number of hydrogen-bond donors (Lipinski definition) is 1. The molecule has 9 heteroatoms. The zero-order valence-corrected chi connectivity index (χ0v) is 15.4. The minimum absolute atomic E-state index is 0.133. The third-order valence-corrected chi connectivity index (χ3v) is 5.11. The van der Waals surface area contributed by atoms with Gasteiger partial charge in [0.2, 0.25) is 0 Å². The van der Waals surface area contributed by atoms with E-state index in [9.17, 15) is 25.0 Å². The number of carbonyl (C=O) groups is 1. The van der Waals surface area contributed by atoms with Crippen molar-refractivity contribution in [1.82, 2.24) is 0 Å². The van der Waals surface area contributed by atoms with E-state index in [1.165, 1.54) is 4.90 Å². The van der Waals surface area contributed by atoms with Crippen molar-refractivity contribution in [3.63, 3.8) is 0 Å². The van der Waals surface area contributed by atoms with Crippen LogP contribution in [0.15, 0.2) is 18.2 Å². The van der Waals surface area contributed by atoms with Gasteiger partial charge in [0.25, 0.3) is 11.4 Å². The summed E-state index contributed by atoms with van der Waals surface area (Å²) in [6.45, 7) is 3.63. The molecule has 9 nitrogen and oxygen atoms in total. The second-order valence-electron chi connectivity index (χ2n) is 7.43. The molecule has 0 aromatic heterocycles. The highest BCUT2D eigenvalue weighted by Crippen LogP contribution is 2.36. The fraction of sp³-hybridized carbons (Fsp3) is 0.588. The lowest BCUT2D eigenvalue weighted by Crippen LogP contribution is -3.11. The molecule has 0 radical (unpaired) electrons. The highest BCUT2D eigenvalue weighted by atomic mass is 16.6. The lowest BCUT2D eigenvalue weighted by atomic mass is 9.85. The molecule has 0 spiro atoms. The number of non-ortho nitro benzene ring substituents is 1. The summed E-state index contributed by atoms with van der Waals surface area (Å²) < 4.78 is 5.65. The Bertz CT molecular complexity index is 731. The van der Waals surface area contributed by atoms with Crippen molar-refractivity contribution >= 4 is 17.3 Å². The van der Waals surface area contributed by atoms with Crippen molar-refractivity contribution in [3.05, 3.63) is 44.0 Å². The van der Waals surface area contributed by atoms with Crippen LogP contribution in [0.1, 0.15) is 43.5 Å². The van der Waals surface area contributed by atoms with Gasteiger partial charge in [0, 0.05) is 6.07 Å². The van der Waals surface area contributed by atoms with E-state index in [1.54, 1.807) is 0 Å². The fourth-order valence-corrected chi connectivity index (χ4v) is 3.81. The van der Waals surface area contributed by atoms with Crippen LogP contribution >= 0.6 is 0 Å². The Morgan fingerprint density at radius 1 is 1.19 bits per heavy atom. The second kappa shape index (κ2) is 7.36. The molecule has 1 aromatic carbocycles. The van der Waals surface area contributed by atoms with Crippen molar-refractivity contribution in [2.24, 2.45) is 5.92 Å². The number of nitrogens with one attached hydrogen (secondary N) is 1. The molecule has 1 aliphatic rings. The van der Waals surface area contributed by atoms with E-state index in [4.69, 9.17) is 4.74 Å². The summed E-state index contributed by atoms with van der Waals surface area (Å²) in [4.78, 5) is 34.4. The van der Waals surface area contributed by atoms with E-state index < -0.39 is 32.8 Å². The molecule has 0 unspecified atom stereocenters. The zero-order valence-electron chi connectivity index (χ0n) is 15.4. The molecule has 142 valence electrons. The number of hydrogen-bond acceptors (Lipinski definition) is 6. The van der Waals surface area contributed by atoms with E-state index in [-0.39, 0.29) is 11.5 Å². The highest BCUT2D eigenvalue weighted by Gasteiger charge is 2.45. The summed E-state index contributed by atoms with van der Waals surface area (Å²) in [5, 5.41) is 22.1. The van der Waals surface area contributed by atoms with Crippen LogP contribution in [0.2, 0.25) is 0 Å². The quantitative estimate of drug-likeness (QED) is 0.466. The molecule has 0 saturated heterocycles. The normalized spacial score (nSPS) is 20.2. The van der Waals surface area contributed by atoms with Crippen LogP contribution in [0.3, 0.4) is 0 Å². The number of ether oxygens (including phenoxy) is 1. The maximum Gasteiger partial charge on any atom is 0.345 e. The molecule has 0 amide bonds. The van der Waals surface area contributed by atoms with Gasteiger partial charge in [0.1, 0.15) is 11.2 Å². The molecule has 1 saturated carbocycles. The predicted molar refractivity (Wildman–Crippen MR) is 93.2 cm³/mol. The summed E-state index contributed by atoms with van der Waals surface area (Å²) in [5.74, 6) is -0.704. The predicted octanol–water partition coefficient (Wildman–Crippen LogP) is 1.75. The number of rotatable bonds is 6. The number of benzene rings is 1. The molecular weight excluding hydrogens is 342 g/mol. The van der Waals surface area contributed by atoms with Crippen molar-refractivity contribution in [2.45, 2.75) is 44.8 Å². The van der Waals surface area contributed by atoms with Crippen LogP contribution in [0.5, 0.6) is 0 Å². The van der Waals surface area contributed by atoms with Crippen LogP contribution in [0, 0.1) is 26.1 Å². The van der Waals surface area contributed by atoms with Gasteiger partial charge in [0.05, 0.1) is 42.0 Å². The third-order valence-electron chi connectivity index (χ3n) is 5.11. The average Bonchev–Trinajstić information content (AvgIpc) is 3.04. The molecule has 0 bridgehead atoms. The van der Waals surface area contributed by atoms with Gasteiger partial charge in [-0.3, -0.25) is 20.2 Å². The monoisotopic (exact) mass is 366 g/mol. The summed E-state index contributed by atoms with van der Waals surface area (Å²) in [6, 6.07) is 3.27. The number of carbonyl (C=O) groups excluding carboxylic acids is 1. The second-order valence-corrected chi connectivity index (χ2v) is 7.43.